The van der Waals surface area contributed by atoms with Crippen molar-refractivity contribution in [2.75, 3.05) is 13.6 Å². The predicted octanol–water partition coefficient (Wildman–Crippen LogP) is 2.92. The molecule has 1 rings (SSSR count). The van der Waals surface area contributed by atoms with Crippen LogP contribution < -0.4 is 5.32 Å². The van der Waals surface area contributed by atoms with E-state index in [1.807, 2.05) is 20.0 Å². The van der Waals surface area contributed by atoms with Crippen LogP contribution in [0.25, 0.3) is 0 Å². The summed E-state index contributed by atoms with van der Waals surface area (Å²) in [5.74, 6) is 0.509. The molecule has 0 aliphatic rings. The molecule has 15 heavy (non-hydrogen) atoms. The topological polar surface area (TPSA) is 12.0 Å². The predicted molar refractivity (Wildman–Crippen MR) is 62.5 cm³/mol. The van der Waals surface area contributed by atoms with Crippen LogP contribution in [0.3, 0.4) is 0 Å². The fourth-order valence-electron chi connectivity index (χ4n) is 1.76. The third kappa shape index (κ3) is 4.00. The van der Waals surface area contributed by atoms with Gasteiger partial charge < -0.3 is 5.32 Å². The second-order valence-electron chi connectivity index (χ2n) is 4.27. The van der Waals surface area contributed by atoms with E-state index in [-0.39, 0.29) is 5.82 Å². The van der Waals surface area contributed by atoms with Gasteiger partial charge in [0.2, 0.25) is 0 Å². The van der Waals surface area contributed by atoms with Gasteiger partial charge in [-0.2, -0.15) is 0 Å². The molecule has 0 fully saturated rings. The average Bonchev–Trinajstić information content (AvgIpc) is 2.20. The van der Waals surface area contributed by atoms with Gasteiger partial charge in [0.25, 0.3) is 0 Å². The van der Waals surface area contributed by atoms with Crippen LogP contribution in [0, 0.1) is 18.7 Å². The standard InChI is InChI=1S/C13H20FN/c1-10(9-15-3)4-6-12-8-13(14)7-5-11(12)2/h5,7-8,10,15H,4,6,9H2,1-3H3. The summed E-state index contributed by atoms with van der Waals surface area (Å²) >= 11 is 0. The highest BCUT2D eigenvalue weighted by Crippen LogP contribution is 2.14. The smallest absolute Gasteiger partial charge is 0.123 e. The lowest BCUT2D eigenvalue weighted by atomic mass is 9.98. The minimum Gasteiger partial charge on any atom is -0.319 e. The van der Waals surface area contributed by atoms with E-state index in [1.54, 1.807) is 6.07 Å². The summed E-state index contributed by atoms with van der Waals surface area (Å²) in [5, 5.41) is 3.16. The largest absolute Gasteiger partial charge is 0.319 e. The normalized spacial score (nSPS) is 12.8. The second kappa shape index (κ2) is 5.86. The van der Waals surface area contributed by atoms with Crippen LogP contribution in [0.2, 0.25) is 0 Å². The minimum atomic E-state index is -0.128. The van der Waals surface area contributed by atoms with E-state index >= 15 is 0 Å². The van der Waals surface area contributed by atoms with E-state index in [2.05, 4.69) is 12.2 Å². The van der Waals surface area contributed by atoms with Crippen LogP contribution >= 0.6 is 0 Å². The fraction of sp³-hybridized carbons (Fsp3) is 0.538. The number of hydrogen-bond donors (Lipinski definition) is 1. The Labute approximate surface area is 91.7 Å². The molecule has 1 N–H and O–H groups in total. The zero-order valence-electron chi connectivity index (χ0n) is 9.81. The molecule has 1 atom stereocenters. The van der Waals surface area contributed by atoms with Crippen molar-refractivity contribution < 1.29 is 4.39 Å². The van der Waals surface area contributed by atoms with Gasteiger partial charge in [-0.1, -0.05) is 13.0 Å². The molecule has 1 aromatic rings. The summed E-state index contributed by atoms with van der Waals surface area (Å²) in [6, 6.07) is 5.03. The molecule has 0 aliphatic heterocycles. The van der Waals surface area contributed by atoms with Crippen molar-refractivity contribution in [2.24, 2.45) is 5.92 Å². The molecule has 0 spiro atoms. The summed E-state index contributed by atoms with van der Waals surface area (Å²) in [5.41, 5.74) is 2.33. The molecule has 1 unspecified atom stereocenters. The van der Waals surface area contributed by atoms with Gasteiger partial charge in [0.1, 0.15) is 5.82 Å². The van der Waals surface area contributed by atoms with E-state index in [4.69, 9.17) is 0 Å². The Kier molecular flexibility index (Phi) is 4.76. The Morgan fingerprint density at radius 3 is 2.80 bits per heavy atom. The SMILES string of the molecule is CNCC(C)CCc1cc(F)ccc1C. The lowest BCUT2D eigenvalue weighted by molar-refractivity contribution is 0.503. The highest BCUT2D eigenvalue weighted by atomic mass is 19.1. The molecule has 1 aromatic carbocycles. The Morgan fingerprint density at radius 2 is 2.13 bits per heavy atom. The Balaban J connectivity index is 2.53. The molecule has 0 radical (unpaired) electrons. The van der Waals surface area contributed by atoms with E-state index < -0.39 is 0 Å². The monoisotopic (exact) mass is 209 g/mol. The number of halogens is 1. The molecule has 0 saturated carbocycles. The number of hydrogen-bond acceptors (Lipinski definition) is 1. The van der Waals surface area contributed by atoms with Crippen molar-refractivity contribution >= 4 is 0 Å². The molecule has 84 valence electrons. The Bertz CT molecular complexity index is 309. The van der Waals surface area contributed by atoms with Crippen LogP contribution in [0.15, 0.2) is 18.2 Å². The van der Waals surface area contributed by atoms with Gasteiger partial charge in [-0.3, -0.25) is 0 Å². The van der Waals surface area contributed by atoms with E-state index in [0.29, 0.717) is 5.92 Å². The number of nitrogens with one attached hydrogen (secondary N) is 1. The first-order valence-corrected chi connectivity index (χ1v) is 5.53. The third-order valence-electron chi connectivity index (χ3n) is 2.77. The van der Waals surface area contributed by atoms with Crippen molar-refractivity contribution in [3.8, 4) is 0 Å². The lowest BCUT2D eigenvalue weighted by Crippen LogP contribution is -2.16. The maximum Gasteiger partial charge on any atom is 0.123 e. The first kappa shape index (κ1) is 12.2. The third-order valence-corrected chi connectivity index (χ3v) is 2.77. The van der Waals surface area contributed by atoms with Crippen LogP contribution in [0.1, 0.15) is 24.5 Å². The van der Waals surface area contributed by atoms with Crippen molar-refractivity contribution in [1.29, 1.82) is 0 Å². The van der Waals surface area contributed by atoms with Gasteiger partial charge in [-0.25, -0.2) is 4.39 Å². The summed E-state index contributed by atoms with van der Waals surface area (Å²) in [6.07, 6.45) is 2.07. The summed E-state index contributed by atoms with van der Waals surface area (Å²) < 4.78 is 13.0. The second-order valence-corrected chi connectivity index (χ2v) is 4.27. The molecular formula is C13H20FN. The number of benzene rings is 1. The molecule has 1 nitrogen and oxygen atoms in total. The van der Waals surface area contributed by atoms with E-state index in [1.165, 1.54) is 11.6 Å². The molecule has 0 aromatic heterocycles. The van der Waals surface area contributed by atoms with Crippen molar-refractivity contribution in [3.05, 3.63) is 35.1 Å². The average molecular weight is 209 g/mol. The van der Waals surface area contributed by atoms with Crippen LogP contribution in [0.5, 0.6) is 0 Å². The molecule has 0 bridgehead atoms. The van der Waals surface area contributed by atoms with Crippen LogP contribution in [0.4, 0.5) is 4.39 Å². The molecule has 0 heterocycles. The zero-order chi connectivity index (χ0) is 11.3. The maximum atomic E-state index is 13.0. The van der Waals surface area contributed by atoms with Crippen molar-refractivity contribution in [1.82, 2.24) is 5.32 Å². The summed E-state index contributed by atoms with van der Waals surface area (Å²) in [7, 11) is 1.96. The first-order valence-electron chi connectivity index (χ1n) is 5.53. The Morgan fingerprint density at radius 1 is 1.40 bits per heavy atom. The lowest BCUT2D eigenvalue weighted by Gasteiger charge is -2.11. The molecule has 2 heteroatoms. The number of rotatable bonds is 5. The first-order chi connectivity index (χ1) is 7.13. The van der Waals surface area contributed by atoms with Crippen molar-refractivity contribution in [2.45, 2.75) is 26.7 Å². The molecule has 0 saturated heterocycles. The fourth-order valence-corrected chi connectivity index (χ4v) is 1.76. The van der Waals surface area contributed by atoms with Gasteiger partial charge in [0.05, 0.1) is 0 Å². The Hall–Kier alpha value is -0.890. The quantitative estimate of drug-likeness (QED) is 0.786. The zero-order valence-corrected chi connectivity index (χ0v) is 9.81. The summed E-state index contributed by atoms with van der Waals surface area (Å²) in [6.45, 7) is 5.27. The van der Waals surface area contributed by atoms with Gasteiger partial charge in [0, 0.05) is 0 Å². The van der Waals surface area contributed by atoms with Gasteiger partial charge in [-0.15, -0.1) is 0 Å². The van der Waals surface area contributed by atoms with E-state index in [9.17, 15) is 4.39 Å². The van der Waals surface area contributed by atoms with Gasteiger partial charge >= 0.3 is 0 Å². The summed E-state index contributed by atoms with van der Waals surface area (Å²) in [4.78, 5) is 0. The van der Waals surface area contributed by atoms with Crippen LogP contribution in [-0.4, -0.2) is 13.6 Å². The highest BCUT2D eigenvalue weighted by molar-refractivity contribution is 5.26. The minimum absolute atomic E-state index is 0.128. The maximum absolute atomic E-state index is 13.0. The number of aryl methyl sites for hydroxylation is 2. The van der Waals surface area contributed by atoms with Gasteiger partial charge in [-0.05, 0) is 62.5 Å². The van der Waals surface area contributed by atoms with E-state index in [0.717, 1.165) is 24.9 Å². The van der Waals surface area contributed by atoms with Crippen LogP contribution in [-0.2, 0) is 6.42 Å². The van der Waals surface area contributed by atoms with Crippen molar-refractivity contribution in [3.63, 3.8) is 0 Å². The molecular weight excluding hydrogens is 189 g/mol. The van der Waals surface area contributed by atoms with Gasteiger partial charge in [0.15, 0.2) is 0 Å². The molecule has 0 aliphatic carbocycles. The molecule has 0 amide bonds. The highest BCUT2D eigenvalue weighted by Gasteiger charge is 2.04.